The number of hydrogen-bond acceptors (Lipinski definition) is 0. The van der Waals surface area contributed by atoms with E-state index in [2.05, 4.69) is 38.1 Å². The van der Waals surface area contributed by atoms with Crippen molar-refractivity contribution in [2.24, 2.45) is 0 Å². The fraction of sp³-hybridized carbons (Fsp3) is 0.571. The van der Waals surface area contributed by atoms with Gasteiger partial charge in [-0.3, -0.25) is 0 Å². The van der Waals surface area contributed by atoms with Gasteiger partial charge >= 0.3 is 0 Å². The molecule has 0 nitrogen and oxygen atoms in total. The minimum Gasteiger partial charge on any atom is -0.0922 e. The van der Waals surface area contributed by atoms with Crippen molar-refractivity contribution in [3.63, 3.8) is 0 Å². The van der Waals surface area contributed by atoms with Gasteiger partial charge in [0.1, 0.15) is 7.28 Å². The van der Waals surface area contributed by atoms with Crippen LogP contribution in [0.15, 0.2) is 24.3 Å². The Morgan fingerprint density at radius 1 is 0.867 bits per heavy atom. The molecule has 1 heteroatoms. The topological polar surface area (TPSA) is 0 Å². The maximum absolute atomic E-state index is 6.40. The Hall–Kier alpha value is -0.715. The molecule has 0 unspecified atom stereocenters. The lowest BCUT2D eigenvalue weighted by molar-refractivity contribution is 1.40. The molecule has 15 heavy (non-hydrogen) atoms. The first-order valence-electron chi connectivity index (χ1n) is 6.51. The Morgan fingerprint density at radius 3 is 1.20 bits per heavy atom. The highest BCUT2D eigenvalue weighted by atomic mass is 13.9. The maximum atomic E-state index is 6.40. The second-order valence-electron chi connectivity index (χ2n) is 2.56. The first-order chi connectivity index (χ1) is 7.70. The van der Waals surface area contributed by atoms with Gasteiger partial charge in [-0.05, 0) is 13.8 Å². The fourth-order valence-electron chi connectivity index (χ4n) is 0.637. The monoisotopic (exact) mass is 208 g/mol. The predicted octanol–water partition coefficient (Wildman–Crippen LogP) is 5.14. The summed E-state index contributed by atoms with van der Waals surface area (Å²) in [5.74, 6) is 0. The average Bonchev–Trinajstić information content (AvgIpc) is 2.38. The van der Waals surface area contributed by atoms with Crippen molar-refractivity contribution < 1.29 is 1.37 Å². The molecule has 0 atom stereocenters. The van der Waals surface area contributed by atoms with Gasteiger partial charge in [0.2, 0.25) is 0 Å². The van der Waals surface area contributed by atoms with Gasteiger partial charge in [-0.15, -0.1) is 0 Å². The largest absolute Gasteiger partial charge is 0.102 e. The average molecular weight is 208 g/mol. The highest BCUT2D eigenvalue weighted by molar-refractivity contribution is 6.31. The van der Waals surface area contributed by atoms with Crippen LogP contribution in [0.2, 0.25) is 13.6 Å². The third kappa shape index (κ3) is 19.6. The Bertz CT molecular complexity index is 171. The van der Waals surface area contributed by atoms with Crippen LogP contribution >= 0.6 is 0 Å². The minimum atomic E-state index is 0.444. The lowest BCUT2D eigenvalue weighted by Crippen LogP contribution is -1.70. The summed E-state index contributed by atoms with van der Waals surface area (Å²) in [6.07, 6.45) is 0. The second-order valence-corrected chi connectivity index (χ2v) is 2.56. The molecule has 1 radical (unpaired) electrons. The van der Waals surface area contributed by atoms with Crippen LogP contribution in [0.1, 0.15) is 40.2 Å². The van der Waals surface area contributed by atoms with Gasteiger partial charge in [-0.25, -0.2) is 0 Å². The van der Waals surface area contributed by atoms with Crippen molar-refractivity contribution in [3.8, 4) is 0 Å². The van der Waals surface area contributed by atoms with Gasteiger partial charge in [0.05, 0.1) is 0 Å². The summed E-state index contributed by atoms with van der Waals surface area (Å²) >= 11 is 0. The summed E-state index contributed by atoms with van der Waals surface area (Å²) in [5.41, 5.74) is 2.66. The summed E-state index contributed by atoms with van der Waals surface area (Å²) in [6, 6.07) is 8.48. The van der Waals surface area contributed by atoms with Gasteiger partial charge in [0, 0.05) is 1.37 Å². The van der Waals surface area contributed by atoms with E-state index in [-0.39, 0.29) is 0 Å². The molecular formula is C14H28B. The zero-order valence-corrected chi connectivity index (χ0v) is 11.6. The zero-order chi connectivity index (χ0) is 13.4. The molecule has 0 spiro atoms. The molecule has 0 heterocycles. The van der Waals surface area contributed by atoms with E-state index in [0.717, 1.165) is 0 Å². The first-order valence-corrected chi connectivity index (χ1v) is 5.81. The standard InChI is InChI=1S/C8H10.C2H6B.2C2H6/c1-7-3-5-8(2)6-4-7;1-3-2;2*1-2/h3-6H,1-2H3;1-2H3;2*1-2H3/i;1D;;. The van der Waals surface area contributed by atoms with Crippen LogP contribution < -0.4 is 0 Å². The van der Waals surface area contributed by atoms with E-state index in [1.165, 1.54) is 11.1 Å². The summed E-state index contributed by atoms with van der Waals surface area (Å²) in [5, 5.41) is 0. The summed E-state index contributed by atoms with van der Waals surface area (Å²) in [4.78, 5) is 0. The highest BCUT2D eigenvalue weighted by Gasteiger charge is 1.79. The molecule has 0 aliphatic rings. The lowest BCUT2D eigenvalue weighted by atomic mass is 9.88. The number of rotatable bonds is 0. The molecule has 1 aromatic rings. The fourth-order valence-corrected chi connectivity index (χ4v) is 0.637. The molecule has 1 rings (SSSR count). The summed E-state index contributed by atoms with van der Waals surface area (Å²) in [7, 11) is 1.79. The van der Waals surface area contributed by atoms with Crippen LogP contribution in [0.25, 0.3) is 0 Å². The summed E-state index contributed by atoms with van der Waals surface area (Å²) < 4.78 is 6.40. The highest BCUT2D eigenvalue weighted by Crippen LogP contribution is 1.99. The molecule has 87 valence electrons. The van der Waals surface area contributed by atoms with Crippen LogP contribution in [0, 0.1) is 13.8 Å². The molecule has 0 N–H and O–H groups in total. The summed E-state index contributed by atoms with van der Waals surface area (Å²) in [6.45, 7) is 14.5. The molecule has 1 aromatic carbocycles. The van der Waals surface area contributed by atoms with E-state index in [1.807, 2.05) is 34.5 Å². The van der Waals surface area contributed by atoms with Crippen LogP contribution in [0.3, 0.4) is 0 Å². The minimum absolute atomic E-state index is 0.444. The molecule has 0 bridgehead atoms. The van der Waals surface area contributed by atoms with Crippen LogP contribution in [-0.4, -0.2) is 7.28 Å². The van der Waals surface area contributed by atoms with Crippen LogP contribution in [0.4, 0.5) is 0 Å². The molecule has 0 aliphatic heterocycles. The number of aryl methyl sites for hydroxylation is 2. The van der Waals surface area contributed by atoms with E-state index < -0.39 is 0 Å². The first kappa shape index (κ1) is 16.7. The lowest BCUT2D eigenvalue weighted by Gasteiger charge is -1.90. The maximum Gasteiger partial charge on any atom is 0.102 e. The normalized spacial score (nSPS) is 7.53. The SMILES string of the molecule is CC.CC.Cc1ccc(C)cc1.[2H]C[B]C. The smallest absolute Gasteiger partial charge is 0.0922 e. The van der Waals surface area contributed by atoms with Gasteiger partial charge in [-0.2, -0.15) is 0 Å². The molecule has 0 saturated heterocycles. The van der Waals surface area contributed by atoms with Gasteiger partial charge in [-0.1, -0.05) is 76.7 Å². The Kier molecular flexibility index (Phi) is 21.1. The predicted molar refractivity (Wildman–Crippen MR) is 76.1 cm³/mol. The van der Waals surface area contributed by atoms with Gasteiger partial charge in [0.15, 0.2) is 0 Å². The second kappa shape index (κ2) is 19.0. The Labute approximate surface area is 99.8 Å². The Balaban J connectivity index is -0.000000181. The Morgan fingerprint density at radius 2 is 1.07 bits per heavy atom. The van der Waals surface area contributed by atoms with Gasteiger partial charge < -0.3 is 0 Å². The molecule has 0 saturated carbocycles. The molecule has 0 aliphatic carbocycles. The number of benzene rings is 1. The number of hydrogen-bond donors (Lipinski definition) is 0. The van der Waals surface area contributed by atoms with Crippen molar-refractivity contribution in [2.75, 3.05) is 0 Å². The van der Waals surface area contributed by atoms with Crippen molar-refractivity contribution in [2.45, 2.75) is 55.2 Å². The van der Waals surface area contributed by atoms with Crippen molar-refractivity contribution in [3.05, 3.63) is 35.4 Å². The van der Waals surface area contributed by atoms with Crippen molar-refractivity contribution >= 4 is 7.28 Å². The van der Waals surface area contributed by atoms with E-state index in [9.17, 15) is 0 Å². The van der Waals surface area contributed by atoms with Crippen LogP contribution in [0.5, 0.6) is 0 Å². The van der Waals surface area contributed by atoms with Gasteiger partial charge in [0.25, 0.3) is 0 Å². The van der Waals surface area contributed by atoms with E-state index in [0.29, 0.717) is 6.80 Å². The third-order valence-corrected chi connectivity index (χ3v) is 1.22. The zero-order valence-electron chi connectivity index (χ0n) is 12.6. The van der Waals surface area contributed by atoms with E-state index >= 15 is 0 Å². The molecule has 0 fully saturated rings. The molecular weight excluding hydrogens is 179 g/mol. The van der Waals surface area contributed by atoms with E-state index in [1.54, 1.807) is 7.28 Å². The van der Waals surface area contributed by atoms with Crippen molar-refractivity contribution in [1.29, 1.82) is 0 Å². The molecule has 0 aromatic heterocycles. The third-order valence-electron chi connectivity index (χ3n) is 1.22. The van der Waals surface area contributed by atoms with Crippen molar-refractivity contribution in [1.82, 2.24) is 0 Å². The van der Waals surface area contributed by atoms with Crippen LogP contribution in [-0.2, 0) is 0 Å². The van der Waals surface area contributed by atoms with E-state index in [4.69, 9.17) is 1.37 Å². The quantitative estimate of drug-likeness (QED) is 0.517. The molecule has 0 amide bonds.